The third kappa shape index (κ3) is 2.94. The second-order valence-corrected chi connectivity index (χ2v) is 6.57. The van der Waals surface area contributed by atoms with Crippen LogP contribution >= 0.6 is 23.2 Å². The Bertz CT molecular complexity index is 1230. The van der Waals surface area contributed by atoms with Crippen LogP contribution in [0.15, 0.2) is 69.9 Å². The molecule has 0 atom stereocenters. The molecule has 6 heteroatoms. The van der Waals surface area contributed by atoms with Gasteiger partial charge in [-0.1, -0.05) is 53.5 Å². The number of hydrogen-bond acceptors (Lipinski definition) is 3. The van der Waals surface area contributed by atoms with E-state index in [9.17, 15) is 9.59 Å². The van der Waals surface area contributed by atoms with Gasteiger partial charge >= 0.3 is 5.63 Å². The largest absolute Gasteiger partial charge is 0.422 e. The first-order chi connectivity index (χ1) is 12.5. The van der Waals surface area contributed by atoms with E-state index < -0.39 is 11.5 Å². The zero-order valence-corrected chi connectivity index (χ0v) is 14.8. The zero-order chi connectivity index (χ0) is 18.3. The van der Waals surface area contributed by atoms with Crippen molar-refractivity contribution < 1.29 is 9.21 Å². The van der Waals surface area contributed by atoms with Gasteiger partial charge in [0.1, 0.15) is 11.1 Å². The molecule has 0 fully saturated rings. The number of carbonyl (C=O) groups excluding carboxylic acids is 1. The fourth-order valence-electron chi connectivity index (χ4n) is 2.81. The minimum Gasteiger partial charge on any atom is -0.422 e. The highest BCUT2D eigenvalue weighted by molar-refractivity contribution is 6.36. The van der Waals surface area contributed by atoms with Crippen LogP contribution in [0.2, 0.25) is 10.0 Å². The highest BCUT2D eigenvalue weighted by Gasteiger charge is 2.16. The first kappa shape index (κ1) is 16.6. The number of nitrogens with one attached hydrogen (secondary N) is 1. The fraction of sp³-hybridized carbons (Fsp3) is 0. The first-order valence-corrected chi connectivity index (χ1v) is 8.50. The first-order valence-electron chi connectivity index (χ1n) is 7.75. The van der Waals surface area contributed by atoms with E-state index in [0.29, 0.717) is 21.7 Å². The maximum absolute atomic E-state index is 12.6. The van der Waals surface area contributed by atoms with Crippen molar-refractivity contribution in [3.63, 3.8) is 0 Å². The summed E-state index contributed by atoms with van der Waals surface area (Å²) < 4.78 is 5.34. The van der Waals surface area contributed by atoms with Crippen molar-refractivity contribution >= 4 is 56.5 Å². The van der Waals surface area contributed by atoms with Gasteiger partial charge in [0, 0.05) is 10.4 Å². The van der Waals surface area contributed by atoms with Gasteiger partial charge in [-0.3, -0.25) is 4.79 Å². The Morgan fingerprint density at radius 2 is 1.73 bits per heavy atom. The quantitative estimate of drug-likeness (QED) is 0.367. The molecule has 0 aliphatic heterocycles. The van der Waals surface area contributed by atoms with Crippen LogP contribution in [0, 0.1) is 0 Å². The fourth-order valence-corrected chi connectivity index (χ4v) is 3.27. The Balaban J connectivity index is 1.82. The summed E-state index contributed by atoms with van der Waals surface area (Å²) >= 11 is 11.9. The molecule has 0 unspecified atom stereocenters. The molecule has 1 heterocycles. The lowest BCUT2D eigenvalue weighted by Crippen LogP contribution is -2.20. The molecule has 1 amide bonds. The molecule has 0 saturated carbocycles. The summed E-state index contributed by atoms with van der Waals surface area (Å²) in [5, 5.41) is 5.92. The minimum atomic E-state index is -0.713. The predicted octanol–water partition coefficient (Wildman–Crippen LogP) is 5.51. The van der Waals surface area contributed by atoms with Crippen LogP contribution in [-0.2, 0) is 0 Å². The predicted molar refractivity (Wildman–Crippen MR) is 104 cm³/mol. The highest BCUT2D eigenvalue weighted by Crippen LogP contribution is 2.27. The van der Waals surface area contributed by atoms with Gasteiger partial charge in [0.15, 0.2) is 0 Å². The van der Waals surface area contributed by atoms with E-state index in [-0.39, 0.29) is 10.6 Å². The zero-order valence-electron chi connectivity index (χ0n) is 13.3. The van der Waals surface area contributed by atoms with Gasteiger partial charge < -0.3 is 9.73 Å². The molecular weight excluding hydrogens is 373 g/mol. The van der Waals surface area contributed by atoms with E-state index in [1.54, 1.807) is 24.3 Å². The van der Waals surface area contributed by atoms with Crippen molar-refractivity contribution in [3.05, 3.63) is 86.7 Å². The smallest absolute Gasteiger partial charge is 0.349 e. The lowest BCUT2D eigenvalue weighted by atomic mass is 10.0. The molecule has 3 aromatic carbocycles. The van der Waals surface area contributed by atoms with E-state index >= 15 is 0 Å². The number of amides is 1. The standard InChI is InChI=1S/C20H11Cl2NO3/c21-12-6-7-17(16(22)9-12)23-19(24)15-10-14-13-4-2-1-3-11(13)5-8-18(14)26-20(15)25/h1-10H,(H,23,24). The Kier molecular flexibility index (Phi) is 4.15. The van der Waals surface area contributed by atoms with Crippen molar-refractivity contribution in [2.24, 2.45) is 0 Å². The van der Waals surface area contributed by atoms with E-state index in [1.807, 2.05) is 30.3 Å². The van der Waals surface area contributed by atoms with Gasteiger partial charge in [-0.15, -0.1) is 0 Å². The molecule has 0 radical (unpaired) electrons. The van der Waals surface area contributed by atoms with Crippen molar-refractivity contribution in [1.82, 2.24) is 0 Å². The normalized spacial score (nSPS) is 11.0. The third-order valence-electron chi connectivity index (χ3n) is 4.07. The van der Waals surface area contributed by atoms with E-state index in [0.717, 1.165) is 10.8 Å². The number of benzene rings is 3. The summed E-state index contributed by atoms with van der Waals surface area (Å²) in [6.07, 6.45) is 0. The summed E-state index contributed by atoms with van der Waals surface area (Å²) in [6, 6.07) is 17.5. The Labute approximate surface area is 158 Å². The van der Waals surface area contributed by atoms with E-state index in [2.05, 4.69) is 5.32 Å². The second-order valence-electron chi connectivity index (χ2n) is 5.72. The maximum atomic E-state index is 12.6. The number of carbonyl (C=O) groups is 1. The molecule has 0 spiro atoms. The molecule has 4 nitrogen and oxygen atoms in total. The Hall–Kier alpha value is -2.82. The van der Waals surface area contributed by atoms with Gasteiger partial charge in [0.05, 0.1) is 10.7 Å². The number of rotatable bonds is 2. The van der Waals surface area contributed by atoms with Crippen LogP contribution in [0.25, 0.3) is 21.7 Å². The Morgan fingerprint density at radius 3 is 2.54 bits per heavy atom. The molecule has 4 aromatic rings. The monoisotopic (exact) mass is 383 g/mol. The molecular formula is C20H11Cl2NO3. The molecule has 128 valence electrons. The minimum absolute atomic E-state index is 0.0973. The number of hydrogen-bond donors (Lipinski definition) is 1. The average Bonchev–Trinajstić information content (AvgIpc) is 2.63. The van der Waals surface area contributed by atoms with Crippen molar-refractivity contribution in [2.45, 2.75) is 0 Å². The van der Waals surface area contributed by atoms with Crippen molar-refractivity contribution in [1.29, 1.82) is 0 Å². The summed E-state index contributed by atoms with van der Waals surface area (Å²) in [6.45, 7) is 0. The molecule has 0 bridgehead atoms. The average molecular weight is 384 g/mol. The summed E-state index contributed by atoms with van der Waals surface area (Å²) in [5.41, 5.74) is -0.0245. The molecule has 4 rings (SSSR count). The van der Waals surface area contributed by atoms with Crippen LogP contribution in [0.5, 0.6) is 0 Å². The van der Waals surface area contributed by atoms with Gasteiger partial charge in [-0.05, 0) is 41.1 Å². The van der Waals surface area contributed by atoms with E-state index in [4.69, 9.17) is 27.6 Å². The SMILES string of the molecule is O=C(Nc1ccc(Cl)cc1Cl)c1cc2c(ccc3ccccc32)oc1=O. The summed E-state index contributed by atoms with van der Waals surface area (Å²) in [4.78, 5) is 24.8. The number of fused-ring (bicyclic) bond motifs is 3. The van der Waals surface area contributed by atoms with Gasteiger partial charge in [-0.25, -0.2) is 4.79 Å². The number of halogens is 2. The molecule has 26 heavy (non-hydrogen) atoms. The van der Waals surface area contributed by atoms with Crippen LogP contribution < -0.4 is 10.9 Å². The maximum Gasteiger partial charge on any atom is 0.349 e. The van der Waals surface area contributed by atoms with Crippen molar-refractivity contribution in [3.8, 4) is 0 Å². The van der Waals surface area contributed by atoms with Crippen LogP contribution in [0.4, 0.5) is 5.69 Å². The molecule has 1 aromatic heterocycles. The third-order valence-corrected chi connectivity index (χ3v) is 4.61. The number of anilines is 1. The van der Waals surface area contributed by atoms with Gasteiger partial charge in [0.2, 0.25) is 0 Å². The molecule has 0 aliphatic rings. The molecule has 0 saturated heterocycles. The molecule has 0 aliphatic carbocycles. The summed E-state index contributed by atoms with van der Waals surface area (Å²) in [7, 11) is 0. The Morgan fingerprint density at radius 1 is 0.923 bits per heavy atom. The second kappa shape index (κ2) is 6.48. The lowest BCUT2D eigenvalue weighted by molar-refractivity contribution is 0.102. The highest BCUT2D eigenvalue weighted by atomic mass is 35.5. The molecule has 1 N–H and O–H groups in total. The van der Waals surface area contributed by atoms with Crippen LogP contribution in [-0.4, -0.2) is 5.91 Å². The topological polar surface area (TPSA) is 59.3 Å². The van der Waals surface area contributed by atoms with Crippen molar-refractivity contribution in [2.75, 3.05) is 5.32 Å². The van der Waals surface area contributed by atoms with Crippen LogP contribution in [0.3, 0.4) is 0 Å². The lowest BCUT2D eigenvalue weighted by Gasteiger charge is -2.08. The van der Waals surface area contributed by atoms with Crippen LogP contribution in [0.1, 0.15) is 10.4 Å². The summed E-state index contributed by atoms with van der Waals surface area (Å²) in [5.74, 6) is -0.599. The van der Waals surface area contributed by atoms with Gasteiger partial charge in [0.25, 0.3) is 5.91 Å². The van der Waals surface area contributed by atoms with E-state index in [1.165, 1.54) is 6.07 Å². The van der Waals surface area contributed by atoms with Gasteiger partial charge in [-0.2, -0.15) is 0 Å².